The standard InChI is InChI=1S/C20H19NO5/c1-12(22)11-21-17(13-7-9-15(23)10-8-13)16(19(25)20(21)26)18(24)14-5-3-2-4-6-14/h2-10,12,17,22-24H,11H2,1H3/t12-,17-/m0/s1. The zero-order chi connectivity index (χ0) is 18.8. The Morgan fingerprint density at radius 2 is 1.69 bits per heavy atom. The lowest BCUT2D eigenvalue weighted by Gasteiger charge is -2.26. The smallest absolute Gasteiger partial charge is 0.295 e. The summed E-state index contributed by atoms with van der Waals surface area (Å²) in [6.07, 6.45) is -0.843. The van der Waals surface area contributed by atoms with E-state index in [2.05, 4.69) is 0 Å². The zero-order valence-electron chi connectivity index (χ0n) is 14.2. The molecule has 6 heteroatoms. The highest BCUT2D eigenvalue weighted by Crippen LogP contribution is 2.39. The molecular weight excluding hydrogens is 334 g/mol. The third-order valence-electron chi connectivity index (χ3n) is 4.26. The van der Waals surface area contributed by atoms with E-state index in [9.17, 15) is 24.9 Å². The van der Waals surface area contributed by atoms with Gasteiger partial charge in [-0.2, -0.15) is 0 Å². The number of carbonyl (C=O) groups excluding carboxylic acids is 2. The second kappa shape index (κ2) is 7.01. The van der Waals surface area contributed by atoms with Crippen LogP contribution in [0.15, 0.2) is 60.2 Å². The number of Topliss-reactive ketones (excluding diaryl/α,β-unsaturated/α-hetero) is 1. The van der Waals surface area contributed by atoms with Gasteiger partial charge >= 0.3 is 0 Å². The Hall–Kier alpha value is -3.12. The Labute approximate surface area is 150 Å². The summed E-state index contributed by atoms with van der Waals surface area (Å²) in [5.41, 5.74) is 0.944. The molecule has 1 saturated heterocycles. The second-order valence-corrected chi connectivity index (χ2v) is 6.26. The highest BCUT2D eigenvalue weighted by molar-refractivity contribution is 6.46. The van der Waals surface area contributed by atoms with Crippen LogP contribution in [0.1, 0.15) is 24.1 Å². The van der Waals surface area contributed by atoms with Crippen LogP contribution in [-0.4, -0.2) is 44.6 Å². The third-order valence-corrected chi connectivity index (χ3v) is 4.26. The largest absolute Gasteiger partial charge is 0.508 e. The fourth-order valence-electron chi connectivity index (χ4n) is 3.11. The fourth-order valence-corrected chi connectivity index (χ4v) is 3.11. The number of phenolic OH excluding ortho intramolecular Hbond substituents is 1. The summed E-state index contributed by atoms with van der Waals surface area (Å²) in [6, 6.07) is 13.7. The summed E-state index contributed by atoms with van der Waals surface area (Å²) in [4.78, 5) is 26.4. The SMILES string of the molecule is C[C@H](O)CN1C(=O)C(=O)C(=C(O)c2ccccc2)[C@@H]1c1ccc(O)cc1. The summed E-state index contributed by atoms with van der Waals surface area (Å²) in [7, 11) is 0. The lowest BCUT2D eigenvalue weighted by Crippen LogP contribution is -2.35. The van der Waals surface area contributed by atoms with Crippen LogP contribution < -0.4 is 0 Å². The minimum atomic E-state index is -0.843. The molecule has 0 spiro atoms. The number of hydrogen-bond donors (Lipinski definition) is 3. The topological polar surface area (TPSA) is 98.1 Å². The minimum Gasteiger partial charge on any atom is -0.508 e. The Balaban J connectivity index is 2.18. The molecule has 0 radical (unpaired) electrons. The molecule has 0 aliphatic carbocycles. The first kappa shape index (κ1) is 17.7. The number of phenols is 1. The Bertz CT molecular complexity index is 856. The predicted octanol–water partition coefficient (Wildman–Crippen LogP) is 2.19. The van der Waals surface area contributed by atoms with Gasteiger partial charge in [-0.3, -0.25) is 9.59 Å². The van der Waals surface area contributed by atoms with Gasteiger partial charge < -0.3 is 20.2 Å². The number of β-amino-alcohol motifs (C(OH)–C–C–N with tert-alkyl or cyclic N) is 1. The maximum atomic E-state index is 12.6. The van der Waals surface area contributed by atoms with Gasteiger partial charge in [0.1, 0.15) is 11.5 Å². The van der Waals surface area contributed by atoms with Crippen molar-refractivity contribution in [1.82, 2.24) is 4.90 Å². The van der Waals surface area contributed by atoms with Crippen molar-refractivity contribution in [2.75, 3.05) is 6.54 Å². The van der Waals surface area contributed by atoms with Crippen molar-refractivity contribution in [2.45, 2.75) is 19.1 Å². The number of hydrogen-bond acceptors (Lipinski definition) is 5. The molecular formula is C20H19NO5. The first-order chi connectivity index (χ1) is 12.4. The van der Waals surface area contributed by atoms with E-state index in [0.717, 1.165) is 0 Å². The average molecular weight is 353 g/mol. The fraction of sp³-hybridized carbons (Fsp3) is 0.200. The van der Waals surface area contributed by atoms with E-state index < -0.39 is 23.8 Å². The van der Waals surface area contributed by atoms with Crippen LogP contribution in [0.2, 0.25) is 0 Å². The number of ketones is 1. The van der Waals surface area contributed by atoms with Crippen LogP contribution in [0.25, 0.3) is 5.76 Å². The average Bonchev–Trinajstić information content (AvgIpc) is 2.87. The van der Waals surface area contributed by atoms with E-state index in [1.54, 1.807) is 42.5 Å². The molecule has 3 N–H and O–H groups in total. The highest BCUT2D eigenvalue weighted by atomic mass is 16.3. The maximum Gasteiger partial charge on any atom is 0.295 e. The van der Waals surface area contributed by atoms with Crippen molar-refractivity contribution < 1.29 is 24.9 Å². The van der Waals surface area contributed by atoms with E-state index in [1.807, 2.05) is 0 Å². The van der Waals surface area contributed by atoms with Gasteiger partial charge in [-0.05, 0) is 24.6 Å². The van der Waals surface area contributed by atoms with Crippen molar-refractivity contribution in [3.63, 3.8) is 0 Å². The molecule has 1 aliphatic heterocycles. The van der Waals surface area contributed by atoms with Gasteiger partial charge in [0, 0.05) is 12.1 Å². The number of likely N-dealkylation sites (tertiary alicyclic amines) is 1. The summed E-state index contributed by atoms with van der Waals surface area (Å²) in [5.74, 6) is -1.80. The van der Waals surface area contributed by atoms with Crippen LogP contribution in [0.4, 0.5) is 0 Å². The molecule has 1 aliphatic rings. The number of rotatable bonds is 4. The quantitative estimate of drug-likeness (QED) is 0.445. The summed E-state index contributed by atoms with van der Waals surface area (Å²) >= 11 is 0. The van der Waals surface area contributed by atoms with Gasteiger partial charge in [-0.15, -0.1) is 0 Å². The molecule has 2 aromatic rings. The lowest BCUT2D eigenvalue weighted by atomic mass is 9.95. The van der Waals surface area contributed by atoms with Gasteiger partial charge in [-0.25, -0.2) is 0 Å². The number of aliphatic hydroxyl groups excluding tert-OH is 2. The number of carbonyl (C=O) groups is 2. The van der Waals surface area contributed by atoms with Crippen LogP contribution >= 0.6 is 0 Å². The number of aliphatic hydroxyl groups is 2. The molecule has 26 heavy (non-hydrogen) atoms. The third kappa shape index (κ3) is 3.19. The Morgan fingerprint density at radius 3 is 2.27 bits per heavy atom. The summed E-state index contributed by atoms with van der Waals surface area (Å²) < 4.78 is 0. The molecule has 0 saturated carbocycles. The molecule has 1 amide bonds. The summed E-state index contributed by atoms with van der Waals surface area (Å²) in [5, 5.41) is 30.0. The molecule has 134 valence electrons. The van der Waals surface area contributed by atoms with E-state index in [-0.39, 0.29) is 23.6 Å². The molecule has 2 atom stereocenters. The molecule has 0 bridgehead atoms. The van der Waals surface area contributed by atoms with Gasteiger partial charge in [0.05, 0.1) is 17.7 Å². The number of benzene rings is 2. The second-order valence-electron chi connectivity index (χ2n) is 6.26. The van der Waals surface area contributed by atoms with Crippen LogP contribution in [0.5, 0.6) is 5.75 Å². The molecule has 1 fully saturated rings. The van der Waals surface area contributed by atoms with E-state index in [1.165, 1.54) is 24.0 Å². The van der Waals surface area contributed by atoms with E-state index in [0.29, 0.717) is 11.1 Å². The maximum absolute atomic E-state index is 12.6. The van der Waals surface area contributed by atoms with Crippen LogP contribution in [0.3, 0.4) is 0 Å². The number of amides is 1. The van der Waals surface area contributed by atoms with Gasteiger partial charge in [0.2, 0.25) is 0 Å². The number of nitrogens with zero attached hydrogens (tertiary/aromatic N) is 1. The lowest BCUT2D eigenvalue weighted by molar-refractivity contribution is -0.140. The minimum absolute atomic E-state index is 0.0347. The van der Waals surface area contributed by atoms with Gasteiger partial charge in [0.15, 0.2) is 0 Å². The highest BCUT2D eigenvalue weighted by Gasteiger charge is 2.46. The van der Waals surface area contributed by atoms with E-state index in [4.69, 9.17) is 0 Å². The molecule has 2 aromatic carbocycles. The normalized spacial score (nSPS) is 20.4. The first-order valence-electron chi connectivity index (χ1n) is 8.21. The zero-order valence-corrected chi connectivity index (χ0v) is 14.2. The molecule has 0 unspecified atom stereocenters. The van der Waals surface area contributed by atoms with Crippen LogP contribution in [0, 0.1) is 0 Å². The van der Waals surface area contributed by atoms with Gasteiger partial charge in [0.25, 0.3) is 11.7 Å². The van der Waals surface area contributed by atoms with Crippen molar-refractivity contribution in [1.29, 1.82) is 0 Å². The van der Waals surface area contributed by atoms with E-state index >= 15 is 0 Å². The van der Waals surface area contributed by atoms with Crippen molar-refractivity contribution in [3.8, 4) is 5.75 Å². The molecule has 1 heterocycles. The van der Waals surface area contributed by atoms with Crippen molar-refractivity contribution >= 4 is 17.4 Å². The molecule has 3 rings (SSSR count). The molecule has 0 aromatic heterocycles. The van der Waals surface area contributed by atoms with Crippen LogP contribution in [-0.2, 0) is 9.59 Å². The molecule has 6 nitrogen and oxygen atoms in total. The van der Waals surface area contributed by atoms with Crippen molar-refractivity contribution in [3.05, 3.63) is 71.3 Å². The monoisotopic (exact) mass is 353 g/mol. The summed E-state index contributed by atoms with van der Waals surface area (Å²) in [6.45, 7) is 1.46. The first-order valence-corrected chi connectivity index (χ1v) is 8.21. The van der Waals surface area contributed by atoms with Gasteiger partial charge in [-0.1, -0.05) is 42.5 Å². The Kier molecular flexibility index (Phi) is 4.77. The number of aromatic hydroxyl groups is 1. The Morgan fingerprint density at radius 1 is 1.08 bits per heavy atom. The van der Waals surface area contributed by atoms with Crippen molar-refractivity contribution in [2.24, 2.45) is 0 Å². The predicted molar refractivity (Wildman–Crippen MR) is 95.2 cm³/mol.